The minimum absolute atomic E-state index is 0.0159. The van der Waals surface area contributed by atoms with Crippen LogP contribution in [0.25, 0.3) is 22.6 Å². The Hall–Kier alpha value is -3.36. The van der Waals surface area contributed by atoms with Gasteiger partial charge in [0.1, 0.15) is 5.52 Å². The van der Waals surface area contributed by atoms with E-state index in [0.29, 0.717) is 0 Å². The second kappa shape index (κ2) is 5.37. The number of aromatic nitrogens is 5. The van der Waals surface area contributed by atoms with Gasteiger partial charge in [0.15, 0.2) is 29.0 Å². The van der Waals surface area contributed by atoms with Gasteiger partial charge in [-0.1, -0.05) is 0 Å². The molecule has 0 bridgehead atoms. The van der Waals surface area contributed by atoms with Crippen LogP contribution in [0.15, 0.2) is 41.3 Å². The molecule has 0 spiro atoms. The number of rotatable bonds is 3. The summed E-state index contributed by atoms with van der Waals surface area (Å²) in [5, 5.41) is 7.22. The standard InChI is InChI=1S/C15H10F2N6O/c16-9-1-2-10-13(11(9)17)23(7-8-3-5-19-6-4-8)15(20-10)12-14(18)22-24-21-12/h1-6H,7H2,(H2,18,22). The Bertz CT molecular complexity index is 1030. The van der Waals surface area contributed by atoms with Crippen LogP contribution in [0.2, 0.25) is 0 Å². The van der Waals surface area contributed by atoms with Crippen LogP contribution in [-0.4, -0.2) is 24.8 Å². The summed E-state index contributed by atoms with van der Waals surface area (Å²) in [6.07, 6.45) is 3.22. The van der Waals surface area contributed by atoms with Crippen molar-refractivity contribution in [2.75, 3.05) is 5.73 Å². The lowest BCUT2D eigenvalue weighted by atomic mass is 10.2. The van der Waals surface area contributed by atoms with Crippen molar-refractivity contribution in [3.05, 3.63) is 53.9 Å². The number of anilines is 1. The first-order chi connectivity index (χ1) is 11.6. The molecule has 4 rings (SSSR count). The van der Waals surface area contributed by atoms with E-state index in [1.165, 1.54) is 10.6 Å². The third-order valence-electron chi connectivity index (χ3n) is 3.62. The molecular weight excluding hydrogens is 318 g/mol. The second-order valence-corrected chi connectivity index (χ2v) is 5.10. The van der Waals surface area contributed by atoms with Gasteiger partial charge in [-0.2, -0.15) is 0 Å². The maximum atomic E-state index is 14.4. The molecule has 120 valence electrons. The quantitative estimate of drug-likeness (QED) is 0.620. The molecule has 0 aliphatic heterocycles. The molecule has 0 unspecified atom stereocenters. The van der Waals surface area contributed by atoms with Crippen LogP contribution in [0.1, 0.15) is 5.56 Å². The number of nitrogens with two attached hydrogens (primary N) is 1. The molecule has 0 amide bonds. The maximum absolute atomic E-state index is 14.4. The first-order valence-electron chi connectivity index (χ1n) is 6.96. The van der Waals surface area contributed by atoms with E-state index < -0.39 is 11.6 Å². The summed E-state index contributed by atoms with van der Waals surface area (Å²) in [7, 11) is 0. The monoisotopic (exact) mass is 328 g/mol. The molecule has 0 saturated carbocycles. The van der Waals surface area contributed by atoms with Crippen molar-refractivity contribution in [2.45, 2.75) is 6.54 Å². The first kappa shape index (κ1) is 14.2. The van der Waals surface area contributed by atoms with Gasteiger partial charge in [-0.15, -0.1) is 0 Å². The van der Waals surface area contributed by atoms with E-state index in [9.17, 15) is 8.78 Å². The Balaban J connectivity index is 2.00. The van der Waals surface area contributed by atoms with Crippen LogP contribution in [-0.2, 0) is 6.54 Å². The van der Waals surface area contributed by atoms with Gasteiger partial charge in [0.05, 0.1) is 5.52 Å². The average molecular weight is 328 g/mol. The van der Waals surface area contributed by atoms with Crippen LogP contribution in [0, 0.1) is 11.6 Å². The van der Waals surface area contributed by atoms with Gasteiger partial charge < -0.3 is 10.3 Å². The van der Waals surface area contributed by atoms with Crippen molar-refractivity contribution in [1.82, 2.24) is 24.8 Å². The van der Waals surface area contributed by atoms with Crippen molar-refractivity contribution in [3.63, 3.8) is 0 Å². The van der Waals surface area contributed by atoms with Crippen molar-refractivity contribution >= 4 is 16.9 Å². The Morgan fingerprint density at radius 1 is 1.08 bits per heavy atom. The summed E-state index contributed by atoms with van der Waals surface area (Å²) in [5.74, 6) is -1.70. The van der Waals surface area contributed by atoms with Gasteiger partial charge in [0.2, 0.25) is 0 Å². The summed E-state index contributed by atoms with van der Waals surface area (Å²) in [4.78, 5) is 8.25. The van der Waals surface area contributed by atoms with Crippen LogP contribution >= 0.6 is 0 Å². The summed E-state index contributed by atoms with van der Waals surface area (Å²) in [6.45, 7) is 0.223. The highest BCUT2D eigenvalue weighted by Crippen LogP contribution is 2.29. The largest absolute Gasteiger partial charge is 0.379 e. The van der Waals surface area contributed by atoms with Crippen molar-refractivity contribution in [3.8, 4) is 11.5 Å². The summed E-state index contributed by atoms with van der Waals surface area (Å²) >= 11 is 0. The van der Waals surface area contributed by atoms with E-state index in [1.807, 2.05) is 0 Å². The van der Waals surface area contributed by atoms with E-state index >= 15 is 0 Å². The van der Waals surface area contributed by atoms with Crippen LogP contribution < -0.4 is 5.73 Å². The van der Waals surface area contributed by atoms with E-state index in [1.54, 1.807) is 24.5 Å². The average Bonchev–Trinajstić information content (AvgIpc) is 3.16. The van der Waals surface area contributed by atoms with E-state index in [4.69, 9.17) is 5.73 Å². The molecular formula is C15H10F2N6O. The molecule has 0 saturated heterocycles. The molecule has 0 aliphatic rings. The third-order valence-corrected chi connectivity index (χ3v) is 3.62. The highest BCUT2D eigenvalue weighted by Gasteiger charge is 2.22. The fourth-order valence-corrected chi connectivity index (χ4v) is 2.51. The summed E-state index contributed by atoms with van der Waals surface area (Å²) in [5.41, 5.74) is 7.01. The second-order valence-electron chi connectivity index (χ2n) is 5.10. The number of fused-ring (bicyclic) bond motifs is 1. The number of imidazole rings is 1. The summed E-state index contributed by atoms with van der Waals surface area (Å²) < 4.78 is 34.2. The smallest absolute Gasteiger partial charge is 0.199 e. The van der Waals surface area contributed by atoms with E-state index in [0.717, 1.165) is 11.6 Å². The van der Waals surface area contributed by atoms with Crippen LogP contribution in [0.5, 0.6) is 0 Å². The minimum Gasteiger partial charge on any atom is -0.379 e. The molecule has 0 aliphatic carbocycles. The Morgan fingerprint density at radius 2 is 1.88 bits per heavy atom. The van der Waals surface area contributed by atoms with Gasteiger partial charge in [-0.05, 0) is 40.1 Å². The molecule has 4 aromatic rings. The fourth-order valence-electron chi connectivity index (χ4n) is 2.51. The molecule has 9 heteroatoms. The molecule has 3 heterocycles. The maximum Gasteiger partial charge on any atom is 0.199 e. The summed E-state index contributed by atoms with van der Waals surface area (Å²) in [6, 6.07) is 5.94. The Kier molecular flexibility index (Phi) is 3.19. The Labute approximate surface area is 133 Å². The number of nitrogen functional groups attached to an aromatic ring is 1. The zero-order valence-corrected chi connectivity index (χ0v) is 12.1. The molecule has 2 N–H and O–H groups in total. The number of benzene rings is 1. The first-order valence-corrected chi connectivity index (χ1v) is 6.96. The number of pyridine rings is 1. The molecule has 0 radical (unpaired) electrons. The molecule has 0 atom stereocenters. The van der Waals surface area contributed by atoms with Gasteiger partial charge >= 0.3 is 0 Å². The lowest BCUT2D eigenvalue weighted by Gasteiger charge is -2.08. The van der Waals surface area contributed by atoms with Gasteiger partial charge in [0.25, 0.3) is 0 Å². The van der Waals surface area contributed by atoms with Crippen molar-refractivity contribution in [1.29, 1.82) is 0 Å². The fraction of sp³-hybridized carbons (Fsp3) is 0.0667. The third kappa shape index (κ3) is 2.18. The molecule has 7 nitrogen and oxygen atoms in total. The molecule has 0 fully saturated rings. The predicted molar refractivity (Wildman–Crippen MR) is 80.7 cm³/mol. The highest BCUT2D eigenvalue weighted by atomic mass is 19.2. The minimum atomic E-state index is -0.990. The lowest BCUT2D eigenvalue weighted by Crippen LogP contribution is -2.05. The zero-order valence-electron chi connectivity index (χ0n) is 12.1. The van der Waals surface area contributed by atoms with Gasteiger partial charge in [0, 0.05) is 18.9 Å². The Morgan fingerprint density at radius 3 is 2.58 bits per heavy atom. The predicted octanol–water partition coefficient (Wildman–Crippen LogP) is 2.39. The van der Waals surface area contributed by atoms with E-state index in [2.05, 4.69) is 24.9 Å². The van der Waals surface area contributed by atoms with Gasteiger partial charge in [-0.25, -0.2) is 18.4 Å². The molecule has 24 heavy (non-hydrogen) atoms. The normalized spacial score (nSPS) is 11.2. The van der Waals surface area contributed by atoms with E-state index in [-0.39, 0.29) is 34.9 Å². The van der Waals surface area contributed by atoms with Crippen LogP contribution in [0.3, 0.4) is 0 Å². The van der Waals surface area contributed by atoms with Crippen molar-refractivity contribution < 1.29 is 13.4 Å². The van der Waals surface area contributed by atoms with Crippen molar-refractivity contribution in [2.24, 2.45) is 0 Å². The number of hydrogen-bond acceptors (Lipinski definition) is 6. The lowest BCUT2D eigenvalue weighted by molar-refractivity contribution is 0.310. The number of halogens is 2. The molecule has 3 aromatic heterocycles. The highest BCUT2D eigenvalue weighted by molar-refractivity contribution is 5.82. The topological polar surface area (TPSA) is 95.6 Å². The number of hydrogen-bond donors (Lipinski definition) is 1. The molecule has 1 aromatic carbocycles. The van der Waals surface area contributed by atoms with Crippen LogP contribution in [0.4, 0.5) is 14.6 Å². The SMILES string of the molecule is Nc1nonc1-c1nc2ccc(F)c(F)c2n1Cc1ccncc1. The number of nitrogens with zero attached hydrogens (tertiary/aromatic N) is 5. The zero-order chi connectivity index (χ0) is 16.7. The van der Waals surface area contributed by atoms with Gasteiger partial charge in [-0.3, -0.25) is 4.98 Å².